The molecule has 3 aliphatic rings. The van der Waals surface area contributed by atoms with E-state index < -0.39 is 0 Å². The van der Waals surface area contributed by atoms with Gasteiger partial charge in [0.05, 0.1) is 45.3 Å². The van der Waals surface area contributed by atoms with Gasteiger partial charge in [-0.25, -0.2) is 0 Å². The van der Waals surface area contributed by atoms with E-state index in [9.17, 15) is 4.79 Å². The predicted molar refractivity (Wildman–Crippen MR) is 124 cm³/mol. The lowest BCUT2D eigenvalue weighted by Crippen LogP contribution is -2.60. The standard InChI is InChI=1S/C25H38N2O5/c1-16-6-7-19-22(12-16)32-24(15-25(19,3)26-17(2)28)18-13-23(30-5)20(14-21(18)29-4)27-8-10-31-11-9-27/h13-14,16,19,22,24H,6-12,15H2,1-5H3,(H,26,28)/t16-,19-,22-,24-,25-/m1/s1. The summed E-state index contributed by atoms with van der Waals surface area (Å²) >= 11 is 0. The normalized spacial score (nSPS) is 32.7. The lowest BCUT2D eigenvalue weighted by Gasteiger charge is -2.52. The topological polar surface area (TPSA) is 69.3 Å². The van der Waals surface area contributed by atoms with Gasteiger partial charge in [0.2, 0.25) is 5.91 Å². The number of morpholine rings is 1. The molecule has 1 amide bonds. The first-order chi connectivity index (χ1) is 15.3. The van der Waals surface area contributed by atoms with E-state index >= 15 is 0 Å². The smallest absolute Gasteiger partial charge is 0.217 e. The summed E-state index contributed by atoms with van der Waals surface area (Å²) in [5.74, 6) is 2.56. The van der Waals surface area contributed by atoms with Crippen LogP contribution in [0.25, 0.3) is 0 Å². The van der Waals surface area contributed by atoms with Crippen molar-refractivity contribution in [2.24, 2.45) is 11.8 Å². The molecule has 0 bridgehead atoms. The number of benzene rings is 1. The van der Waals surface area contributed by atoms with Crippen molar-refractivity contribution in [2.45, 2.75) is 64.2 Å². The Kier molecular flexibility index (Phi) is 6.86. The van der Waals surface area contributed by atoms with E-state index in [4.69, 9.17) is 18.9 Å². The summed E-state index contributed by atoms with van der Waals surface area (Å²) in [6, 6.07) is 4.13. The van der Waals surface area contributed by atoms with Crippen LogP contribution in [0, 0.1) is 11.8 Å². The van der Waals surface area contributed by atoms with Gasteiger partial charge in [-0.05, 0) is 31.7 Å². The zero-order chi connectivity index (χ0) is 22.9. The Labute approximate surface area is 191 Å². The molecule has 2 saturated heterocycles. The maximum Gasteiger partial charge on any atom is 0.217 e. The molecule has 7 nitrogen and oxygen atoms in total. The summed E-state index contributed by atoms with van der Waals surface area (Å²) in [5.41, 5.74) is 1.68. The van der Waals surface area contributed by atoms with Crippen LogP contribution in [0.3, 0.4) is 0 Å². The third-order valence-electron chi connectivity index (χ3n) is 7.51. The largest absolute Gasteiger partial charge is 0.496 e. The minimum Gasteiger partial charge on any atom is -0.496 e. The Morgan fingerprint density at radius 1 is 1.16 bits per heavy atom. The lowest BCUT2D eigenvalue weighted by atomic mass is 9.66. The van der Waals surface area contributed by atoms with Crippen LogP contribution in [-0.2, 0) is 14.3 Å². The van der Waals surface area contributed by atoms with Gasteiger partial charge in [-0.3, -0.25) is 4.79 Å². The SMILES string of the molecule is COc1cc(N2CCOCC2)c(OC)cc1[C@H]1C[C@@](C)(NC(C)=O)[C@@H]2CC[C@@H](C)C[C@H]2O1. The number of nitrogens with zero attached hydrogens (tertiary/aromatic N) is 1. The first-order valence-electron chi connectivity index (χ1n) is 11.9. The molecule has 2 aliphatic heterocycles. The van der Waals surface area contributed by atoms with Crippen molar-refractivity contribution in [3.8, 4) is 11.5 Å². The van der Waals surface area contributed by atoms with Gasteiger partial charge in [-0.2, -0.15) is 0 Å². The Bertz CT molecular complexity index is 825. The number of carbonyl (C=O) groups is 1. The fourth-order valence-electron chi connectivity index (χ4n) is 5.94. The van der Waals surface area contributed by atoms with Crippen molar-refractivity contribution in [3.05, 3.63) is 17.7 Å². The van der Waals surface area contributed by atoms with Crippen LogP contribution >= 0.6 is 0 Å². The highest BCUT2D eigenvalue weighted by Crippen LogP contribution is 2.50. The van der Waals surface area contributed by atoms with E-state index in [2.05, 4.69) is 36.2 Å². The fourth-order valence-corrected chi connectivity index (χ4v) is 5.94. The van der Waals surface area contributed by atoms with Crippen LogP contribution in [0.1, 0.15) is 58.1 Å². The molecular weight excluding hydrogens is 408 g/mol. The van der Waals surface area contributed by atoms with Gasteiger partial charge in [0.25, 0.3) is 0 Å². The minimum absolute atomic E-state index is 0.0118. The van der Waals surface area contributed by atoms with E-state index in [1.54, 1.807) is 21.1 Å². The molecule has 1 saturated carbocycles. The molecule has 5 atom stereocenters. The van der Waals surface area contributed by atoms with Gasteiger partial charge >= 0.3 is 0 Å². The zero-order valence-corrected chi connectivity index (χ0v) is 20.1. The zero-order valence-electron chi connectivity index (χ0n) is 20.1. The maximum atomic E-state index is 12.1. The summed E-state index contributed by atoms with van der Waals surface area (Å²) in [7, 11) is 3.41. The van der Waals surface area contributed by atoms with Gasteiger partial charge in [-0.15, -0.1) is 0 Å². The molecular formula is C25H38N2O5. The summed E-state index contributed by atoms with van der Waals surface area (Å²) in [6.45, 7) is 9.13. The first-order valence-corrected chi connectivity index (χ1v) is 11.9. The number of ether oxygens (including phenoxy) is 4. The van der Waals surface area contributed by atoms with Crippen molar-refractivity contribution in [1.82, 2.24) is 5.32 Å². The second-order valence-corrected chi connectivity index (χ2v) is 9.86. The molecule has 3 fully saturated rings. The molecule has 1 aromatic rings. The predicted octanol–water partition coefficient (Wildman–Crippen LogP) is 3.70. The number of fused-ring (bicyclic) bond motifs is 1. The minimum atomic E-state index is -0.319. The second-order valence-electron chi connectivity index (χ2n) is 9.86. The fraction of sp³-hybridized carbons (Fsp3) is 0.720. The van der Waals surface area contributed by atoms with Crippen LogP contribution in [0.5, 0.6) is 11.5 Å². The summed E-state index contributed by atoms with van der Waals surface area (Å²) in [6.07, 6.45) is 3.91. The van der Waals surface area contributed by atoms with Crippen molar-refractivity contribution in [2.75, 3.05) is 45.4 Å². The molecule has 0 unspecified atom stereocenters. The summed E-state index contributed by atoms with van der Waals surface area (Å²) in [4.78, 5) is 14.4. The molecule has 1 N–H and O–H groups in total. The Hall–Kier alpha value is -1.99. The molecule has 0 aromatic heterocycles. The van der Waals surface area contributed by atoms with Crippen LogP contribution in [0.2, 0.25) is 0 Å². The number of carbonyl (C=O) groups excluding carboxylic acids is 1. The van der Waals surface area contributed by atoms with Crippen molar-refractivity contribution < 1.29 is 23.7 Å². The number of rotatable bonds is 5. The Morgan fingerprint density at radius 2 is 1.88 bits per heavy atom. The number of anilines is 1. The highest BCUT2D eigenvalue weighted by Gasteiger charge is 2.49. The highest BCUT2D eigenvalue weighted by atomic mass is 16.5. The number of methoxy groups -OCH3 is 2. The molecule has 2 heterocycles. The average molecular weight is 447 g/mol. The molecule has 0 spiro atoms. The van der Waals surface area contributed by atoms with Crippen LogP contribution in [0.4, 0.5) is 5.69 Å². The van der Waals surface area contributed by atoms with E-state index in [0.717, 1.165) is 48.7 Å². The highest BCUT2D eigenvalue weighted by molar-refractivity contribution is 5.74. The molecule has 1 aliphatic carbocycles. The first kappa shape index (κ1) is 23.2. The molecule has 1 aromatic carbocycles. The summed E-state index contributed by atoms with van der Waals surface area (Å²) in [5, 5.41) is 3.29. The molecule has 4 rings (SSSR count). The molecule has 32 heavy (non-hydrogen) atoms. The lowest BCUT2D eigenvalue weighted by molar-refractivity contribution is -0.153. The summed E-state index contributed by atoms with van der Waals surface area (Å²) < 4.78 is 23.9. The number of hydrogen-bond donors (Lipinski definition) is 1. The van der Waals surface area contributed by atoms with E-state index in [1.165, 1.54) is 6.42 Å². The Morgan fingerprint density at radius 3 is 2.53 bits per heavy atom. The van der Waals surface area contributed by atoms with Gasteiger partial charge in [0, 0.05) is 49.5 Å². The van der Waals surface area contributed by atoms with E-state index in [0.29, 0.717) is 31.5 Å². The van der Waals surface area contributed by atoms with Crippen molar-refractivity contribution in [1.29, 1.82) is 0 Å². The quantitative estimate of drug-likeness (QED) is 0.744. The van der Waals surface area contributed by atoms with Gasteiger partial charge in [0.1, 0.15) is 11.5 Å². The Balaban J connectivity index is 1.70. The van der Waals surface area contributed by atoms with E-state index in [-0.39, 0.29) is 23.7 Å². The van der Waals surface area contributed by atoms with Crippen molar-refractivity contribution >= 4 is 11.6 Å². The molecule has 178 valence electrons. The second kappa shape index (κ2) is 9.48. The molecule has 0 radical (unpaired) electrons. The number of nitrogens with one attached hydrogen (secondary N) is 1. The van der Waals surface area contributed by atoms with E-state index in [1.807, 2.05) is 0 Å². The number of amides is 1. The van der Waals surface area contributed by atoms with Crippen LogP contribution < -0.4 is 19.7 Å². The number of hydrogen-bond acceptors (Lipinski definition) is 6. The maximum absolute atomic E-state index is 12.1. The third kappa shape index (κ3) is 4.55. The average Bonchev–Trinajstić information content (AvgIpc) is 2.77. The third-order valence-corrected chi connectivity index (χ3v) is 7.51. The van der Waals surface area contributed by atoms with Crippen LogP contribution in [-0.4, -0.2) is 58.1 Å². The van der Waals surface area contributed by atoms with Gasteiger partial charge in [0.15, 0.2) is 0 Å². The molecule has 7 heteroatoms. The van der Waals surface area contributed by atoms with Gasteiger partial charge < -0.3 is 29.2 Å². The monoisotopic (exact) mass is 446 g/mol. The van der Waals surface area contributed by atoms with Gasteiger partial charge in [-0.1, -0.05) is 13.3 Å². The van der Waals surface area contributed by atoms with Crippen LogP contribution in [0.15, 0.2) is 12.1 Å². The van der Waals surface area contributed by atoms with Crippen molar-refractivity contribution in [3.63, 3.8) is 0 Å².